The zero-order valence-corrected chi connectivity index (χ0v) is 22.1. The molecule has 0 fully saturated rings. The van der Waals surface area contributed by atoms with Crippen LogP contribution < -0.4 is 4.90 Å². The van der Waals surface area contributed by atoms with Gasteiger partial charge in [-0.15, -0.1) is 0 Å². The summed E-state index contributed by atoms with van der Waals surface area (Å²) in [5, 5.41) is 11.5. The molecule has 1 aromatic heterocycles. The van der Waals surface area contributed by atoms with Gasteiger partial charge >= 0.3 is 5.97 Å². The van der Waals surface area contributed by atoms with Crippen molar-refractivity contribution in [3.05, 3.63) is 52.7 Å². The van der Waals surface area contributed by atoms with E-state index in [1.165, 1.54) is 11.2 Å². The van der Waals surface area contributed by atoms with Gasteiger partial charge in [-0.25, -0.2) is 4.79 Å². The van der Waals surface area contributed by atoms with Gasteiger partial charge in [-0.05, 0) is 71.2 Å². The van der Waals surface area contributed by atoms with Crippen molar-refractivity contribution >= 4 is 22.6 Å². The van der Waals surface area contributed by atoms with Gasteiger partial charge in [0.05, 0.1) is 23.4 Å². The molecule has 188 valence electrons. The van der Waals surface area contributed by atoms with Crippen LogP contribution in [-0.2, 0) is 20.8 Å². The average molecular weight is 479 g/mol. The number of hydrogen-bond donors (Lipinski definition) is 1. The van der Waals surface area contributed by atoms with Gasteiger partial charge in [0.2, 0.25) is 0 Å². The Morgan fingerprint density at radius 3 is 2.40 bits per heavy atom. The van der Waals surface area contributed by atoms with Gasteiger partial charge in [-0.1, -0.05) is 29.8 Å². The number of ether oxygens (including phenoxy) is 2. The summed E-state index contributed by atoms with van der Waals surface area (Å²) in [5.74, 6) is -0.976. The summed E-state index contributed by atoms with van der Waals surface area (Å²) in [5.41, 5.74) is 7.63. The Kier molecular flexibility index (Phi) is 6.98. The first-order chi connectivity index (χ1) is 16.5. The van der Waals surface area contributed by atoms with Crippen LogP contribution in [0.2, 0.25) is 0 Å². The predicted molar refractivity (Wildman–Crippen MR) is 142 cm³/mol. The molecule has 0 saturated heterocycles. The topological polar surface area (TPSA) is 63.9 Å². The normalized spacial score (nSPS) is 14.5. The number of carboxylic acids is 1. The number of benzene rings is 2. The first-order valence-electron chi connectivity index (χ1n) is 12.5. The fraction of sp³-hybridized carbons (Fsp3) is 0.483. The summed E-state index contributed by atoms with van der Waals surface area (Å²) in [6, 6.07) is 10.6. The lowest BCUT2D eigenvalue weighted by atomic mass is 9.87. The second-order valence-corrected chi connectivity index (χ2v) is 10.5. The third-order valence-electron chi connectivity index (χ3n) is 6.74. The Morgan fingerprint density at radius 1 is 1.11 bits per heavy atom. The zero-order chi connectivity index (χ0) is 25.5. The Labute approximate surface area is 208 Å². The van der Waals surface area contributed by atoms with Crippen LogP contribution in [0.1, 0.15) is 56.2 Å². The predicted octanol–water partition coefficient (Wildman–Crippen LogP) is 6.03. The number of carboxylic acid groups (broad SMARTS) is 1. The number of nitrogens with zero attached hydrogens (tertiary/aromatic N) is 2. The van der Waals surface area contributed by atoms with Crippen molar-refractivity contribution < 1.29 is 19.4 Å². The molecule has 1 atom stereocenters. The molecule has 2 aromatic carbocycles. The highest BCUT2D eigenvalue weighted by atomic mass is 16.5. The lowest BCUT2D eigenvalue weighted by Crippen LogP contribution is -2.36. The average Bonchev–Trinajstić information content (AvgIpc) is 3.11. The molecule has 2 heterocycles. The number of anilines is 1. The van der Waals surface area contributed by atoms with Crippen LogP contribution in [-0.4, -0.2) is 47.5 Å². The molecular weight excluding hydrogens is 440 g/mol. The number of aryl methyl sites for hydroxylation is 2. The largest absolute Gasteiger partial charge is 0.479 e. The number of hydrogen-bond acceptors (Lipinski definition) is 4. The van der Waals surface area contributed by atoms with E-state index in [0.717, 1.165) is 58.5 Å². The van der Waals surface area contributed by atoms with E-state index in [4.69, 9.17) is 9.47 Å². The minimum absolute atomic E-state index is 0.622. The maximum Gasteiger partial charge on any atom is 0.337 e. The minimum atomic E-state index is -1.09. The van der Waals surface area contributed by atoms with Crippen LogP contribution in [0.4, 0.5) is 5.69 Å². The van der Waals surface area contributed by atoms with Gasteiger partial charge in [0.25, 0.3) is 0 Å². The third kappa shape index (κ3) is 4.82. The maximum atomic E-state index is 12.7. The molecular formula is C29H38N2O4. The molecule has 0 spiro atoms. The molecule has 0 radical (unpaired) electrons. The van der Waals surface area contributed by atoms with Crippen LogP contribution in [0.5, 0.6) is 0 Å². The van der Waals surface area contributed by atoms with Crippen LogP contribution in [0.15, 0.2) is 30.3 Å². The van der Waals surface area contributed by atoms with Gasteiger partial charge in [-0.3, -0.25) is 0 Å². The number of carbonyl (C=O) groups is 1. The molecule has 4 rings (SSSR count). The molecule has 3 aromatic rings. The van der Waals surface area contributed by atoms with E-state index in [0.29, 0.717) is 13.2 Å². The second-order valence-electron chi connectivity index (χ2n) is 10.5. The summed E-state index contributed by atoms with van der Waals surface area (Å²) in [6.07, 6.45) is -1.09. The molecule has 0 aliphatic carbocycles. The highest BCUT2D eigenvalue weighted by Gasteiger charge is 2.35. The maximum absolute atomic E-state index is 12.7. The summed E-state index contributed by atoms with van der Waals surface area (Å²) in [6.45, 7) is 17.8. The van der Waals surface area contributed by atoms with Crippen molar-refractivity contribution in [2.45, 2.75) is 66.7 Å². The fourth-order valence-corrected chi connectivity index (χ4v) is 5.26. The molecule has 1 N–H and O–H groups in total. The van der Waals surface area contributed by atoms with Crippen molar-refractivity contribution in [1.29, 1.82) is 0 Å². The minimum Gasteiger partial charge on any atom is -0.479 e. The lowest BCUT2D eigenvalue weighted by Gasteiger charge is -2.36. The lowest BCUT2D eigenvalue weighted by molar-refractivity contribution is -0.160. The molecule has 35 heavy (non-hydrogen) atoms. The van der Waals surface area contributed by atoms with Gasteiger partial charge < -0.3 is 24.0 Å². The van der Waals surface area contributed by atoms with Crippen LogP contribution in [0.25, 0.3) is 22.0 Å². The third-order valence-corrected chi connectivity index (χ3v) is 6.74. The van der Waals surface area contributed by atoms with E-state index in [1.807, 2.05) is 27.7 Å². The van der Waals surface area contributed by atoms with Gasteiger partial charge in [-0.2, -0.15) is 0 Å². The van der Waals surface area contributed by atoms with Crippen molar-refractivity contribution in [3.8, 4) is 11.1 Å². The Morgan fingerprint density at radius 2 is 1.80 bits per heavy atom. The first kappa shape index (κ1) is 25.3. The van der Waals surface area contributed by atoms with E-state index < -0.39 is 17.7 Å². The molecule has 0 bridgehead atoms. The number of aliphatic carboxylic acids is 1. The first-order valence-corrected chi connectivity index (χ1v) is 12.5. The summed E-state index contributed by atoms with van der Waals surface area (Å²) in [4.78, 5) is 15.1. The van der Waals surface area contributed by atoms with Gasteiger partial charge in [0.15, 0.2) is 6.10 Å². The fourth-order valence-electron chi connectivity index (χ4n) is 5.26. The Bertz CT molecular complexity index is 1230. The second kappa shape index (κ2) is 9.67. The molecule has 6 nitrogen and oxygen atoms in total. The summed E-state index contributed by atoms with van der Waals surface area (Å²) in [7, 11) is 0. The van der Waals surface area contributed by atoms with E-state index in [9.17, 15) is 9.90 Å². The SMILES string of the molecule is CCOCCN1CCn2c(C)cc3c(-c4ccc(C)cc4)c([C@H](OC(C)(C)C)C(=O)O)c(C)c1c32. The van der Waals surface area contributed by atoms with E-state index in [1.54, 1.807) is 0 Å². The van der Waals surface area contributed by atoms with Crippen molar-refractivity contribution in [2.24, 2.45) is 0 Å². The molecule has 1 aliphatic rings. The quantitative estimate of drug-likeness (QED) is 0.401. The standard InChI is InChI=1S/C29H38N2O4/c1-8-34-16-15-30-13-14-31-19(3)17-22-24(21-11-9-18(2)10-12-21)23(20(4)25(30)26(22)31)27(28(32)33)35-29(5,6)7/h9-12,17,27H,8,13-16H2,1-7H3,(H,32,33)/t27-/m0/s1. The zero-order valence-electron chi connectivity index (χ0n) is 22.1. The molecule has 6 heteroatoms. The van der Waals surface area contributed by atoms with Crippen molar-refractivity contribution in [1.82, 2.24) is 4.57 Å². The van der Waals surface area contributed by atoms with Crippen molar-refractivity contribution in [3.63, 3.8) is 0 Å². The van der Waals surface area contributed by atoms with Gasteiger partial charge in [0.1, 0.15) is 0 Å². The molecule has 0 amide bonds. The van der Waals surface area contributed by atoms with E-state index in [-0.39, 0.29) is 0 Å². The number of aromatic nitrogens is 1. The smallest absolute Gasteiger partial charge is 0.337 e. The highest BCUT2D eigenvalue weighted by Crippen LogP contribution is 2.47. The van der Waals surface area contributed by atoms with Crippen LogP contribution in [0, 0.1) is 20.8 Å². The van der Waals surface area contributed by atoms with E-state index in [2.05, 4.69) is 60.6 Å². The number of rotatable bonds is 8. The Hall–Kier alpha value is -2.83. The summed E-state index contributed by atoms with van der Waals surface area (Å²) < 4.78 is 14.3. The summed E-state index contributed by atoms with van der Waals surface area (Å²) >= 11 is 0. The van der Waals surface area contributed by atoms with Crippen LogP contribution in [0.3, 0.4) is 0 Å². The molecule has 0 unspecified atom stereocenters. The van der Waals surface area contributed by atoms with Crippen molar-refractivity contribution in [2.75, 3.05) is 31.2 Å². The molecule has 1 aliphatic heterocycles. The van der Waals surface area contributed by atoms with E-state index >= 15 is 0 Å². The van der Waals surface area contributed by atoms with Gasteiger partial charge in [0, 0.05) is 42.9 Å². The monoisotopic (exact) mass is 478 g/mol. The molecule has 0 saturated carbocycles. The van der Waals surface area contributed by atoms with Crippen LogP contribution >= 0.6 is 0 Å². The highest BCUT2D eigenvalue weighted by molar-refractivity contribution is 6.07. The Balaban J connectivity index is 2.07.